The monoisotopic (exact) mass is 380 g/mol. The third kappa shape index (κ3) is 3.85. The average Bonchev–Trinajstić information content (AvgIpc) is 2.75. The molecule has 0 aliphatic carbocycles. The molecule has 5 heteroatoms. The van der Waals surface area contributed by atoms with Crippen molar-refractivity contribution in [1.29, 1.82) is 0 Å². The van der Waals surface area contributed by atoms with E-state index in [-0.39, 0.29) is 11.9 Å². The van der Waals surface area contributed by atoms with Crippen LogP contribution in [0.5, 0.6) is 5.75 Å². The van der Waals surface area contributed by atoms with Crippen LogP contribution in [0.4, 0.5) is 5.69 Å². The van der Waals surface area contributed by atoms with Gasteiger partial charge in [0.25, 0.3) is 0 Å². The van der Waals surface area contributed by atoms with Crippen LogP contribution in [0.25, 0.3) is 0 Å². The van der Waals surface area contributed by atoms with Gasteiger partial charge in [-0.1, -0.05) is 18.2 Å². The molecular formula is C23H28N2O3. The van der Waals surface area contributed by atoms with Gasteiger partial charge in [-0.05, 0) is 54.3 Å². The Labute approximate surface area is 166 Å². The molecule has 0 saturated carbocycles. The molecule has 2 aliphatic heterocycles. The van der Waals surface area contributed by atoms with Gasteiger partial charge in [-0.3, -0.25) is 4.79 Å². The largest absolute Gasteiger partial charge is 0.497 e. The lowest BCUT2D eigenvalue weighted by Crippen LogP contribution is -2.39. The zero-order valence-corrected chi connectivity index (χ0v) is 16.7. The van der Waals surface area contributed by atoms with Gasteiger partial charge in [-0.15, -0.1) is 0 Å². The summed E-state index contributed by atoms with van der Waals surface area (Å²) in [5, 5.41) is 0. The summed E-state index contributed by atoms with van der Waals surface area (Å²) in [6, 6.07) is 14.6. The molecule has 2 heterocycles. The maximum atomic E-state index is 13.0. The highest BCUT2D eigenvalue weighted by Crippen LogP contribution is 2.32. The van der Waals surface area contributed by atoms with E-state index < -0.39 is 0 Å². The first kappa shape index (κ1) is 18.8. The van der Waals surface area contributed by atoms with E-state index in [1.807, 2.05) is 11.0 Å². The Balaban J connectivity index is 1.43. The lowest BCUT2D eigenvalue weighted by molar-refractivity contribution is -0.133. The second-order valence-corrected chi connectivity index (χ2v) is 7.52. The highest BCUT2D eigenvalue weighted by Gasteiger charge is 2.27. The van der Waals surface area contributed by atoms with Gasteiger partial charge in [0.1, 0.15) is 5.75 Å². The fraction of sp³-hybridized carbons (Fsp3) is 0.435. The summed E-state index contributed by atoms with van der Waals surface area (Å²) in [6.07, 6.45) is 1.33. The molecule has 4 rings (SSSR count). The Morgan fingerprint density at radius 2 is 1.86 bits per heavy atom. The molecule has 148 valence electrons. The van der Waals surface area contributed by atoms with Crippen LogP contribution in [0, 0.1) is 0 Å². The van der Waals surface area contributed by atoms with Crippen molar-refractivity contribution in [2.75, 3.05) is 44.9 Å². The van der Waals surface area contributed by atoms with E-state index in [0.717, 1.165) is 50.6 Å². The van der Waals surface area contributed by atoms with Gasteiger partial charge in [0.15, 0.2) is 0 Å². The summed E-state index contributed by atoms with van der Waals surface area (Å²) < 4.78 is 10.8. The number of hydrogen-bond acceptors (Lipinski definition) is 4. The van der Waals surface area contributed by atoms with Crippen molar-refractivity contribution < 1.29 is 14.3 Å². The predicted molar refractivity (Wildman–Crippen MR) is 110 cm³/mol. The Bertz CT molecular complexity index is 828. The summed E-state index contributed by atoms with van der Waals surface area (Å²) in [5.74, 6) is 1.03. The number of methoxy groups -OCH3 is 1. The smallest absolute Gasteiger partial charge is 0.227 e. The first-order valence-electron chi connectivity index (χ1n) is 10.0. The van der Waals surface area contributed by atoms with E-state index in [1.54, 1.807) is 7.11 Å². The van der Waals surface area contributed by atoms with Crippen molar-refractivity contribution >= 4 is 11.6 Å². The molecule has 1 amide bonds. The molecule has 1 fully saturated rings. The topological polar surface area (TPSA) is 42.0 Å². The Hall–Kier alpha value is -2.53. The molecule has 28 heavy (non-hydrogen) atoms. The second kappa shape index (κ2) is 8.23. The summed E-state index contributed by atoms with van der Waals surface area (Å²) >= 11 is 0. The molecule has 1 unspecified atom stereocenters. The third-order valence-corrected chi connectivity index (χ3v) is 5.88. The Kier molecular flexibility index (Phi) is 5.53. The van der Waals surface area contributed by atoms with Crippen LogP contribution in [0.15, 0.2) is 42.5 Å². The van der Waals surface area contributed by atoms with Crippen molar-refractivity contribution in [2.24, 2.45) is 0 Å². The highest BCUT2D eigenvalue weighted by atomic mass is 16.5. The number of carbonyl (C=O) groups excluding carboxylic acids is 1. The fourth-order valence-electron chi connectivity index (χ4n) is 4.18. The van der Waals surface area contributed by atoms with Gasteiger partial charge in [0.2, 0.25) is 5.91 Å². The van der Waals surface area contributed by atoms with Crippen molar-refractivity contribution in [2.45, 2.75) is 25.8 Å². The van der Waals surface area contributed by atoms with Gasteiger partial charge >= 0.3 is 0 Å². The highest BCUT2D eigenvalue weighted by molar-refractivity contribution is 5.80. The van der Waals surface area contributed by atoms with Crippen molar-refractivity contribution in [3.05, 3.63) is 59.2 Å². The van der Waals surface area contributed by atoms with Gasteiger partial charge in [-0.2, -0.15) is 0 Å². The van der Waals surface area contributed by atoms with Crippen molar-refractivity contribution in [3.63, 3.8) is 0 Å². The number of hydrogen-bond donors (Lipinski definition) is 0. The first-order valence-corrected chi connectivity index (χ1v) is 10.0. The van der Waals surface area contributed by atoms with Crippen LogP contribution in [0.2, 0.25) is 0 Å². The predicted octanol–water partition coefficient (Wildman–Crippen LogP) is 3.22. The molecule has 1 saturated heterocycles. The number of carbonyl (C=O) groups is 1. The van der Waals surface area contributed by atoms with E-state index in [2.05, 4.69) is 48.2 Å². The van der Waals surface area contributed by atoms with Crippen LogP contribution >= 0.6 is 0 Å². The minimum atomic E-state index is 0.0685. The number of nitrogens with zero attached hydrogens (tertiary/aromatic N) is 2. The van der Waals surface area contributed by atoms with Crippen molar-refractivity contribution in [3.8, 4) is 5.75 Å². The molecule has 5 nitrogen and oxygen atoms in total. The molecule has 1 atom stereocenters. The maximum absolute atomic E-state index is 13.0. The van der Waals surface area contributed by atoms with E-state index in [1.165, 1.54) is 16.8 Å². The first-order chi connectivity index (χ1) is 13.7. The molecule has 2 aliphatic rings. The zero-order valence-electron chi connectivity index (χ0n) is 16.7. The van der Waals surface area contributed by atoms with E-state index in [0.29, 0.717) is 6.42 Å². The SMILES string of the molecule is COc1ccc2c(c1)C(C)N(C(=O)Cc1ccc(N3CCOCC3)cc1)CC2. The van der Waals surface area contributed by atoms with Crippen LogP contribution in [0.3, 0.4) is 0 Å². The zero-order chi connectivity index (χ0) is 19.5. The fourth-order valence-corrected chi connectivity index (χ4v) is 4.18. The van der Waals surface area contributed by atoms with Gasteiger partial charge in [0.05, 0.1) is 32.8 Å². The summed E-state index contributed by atoms with van der Waals surface area (Å²) in [6.45, 7) is 6.28. The van der Waals surface area contributed by atoms with Gasteiger partial charge < -0.3 is 19.3 Å². The molecule has 0 aromatic heterocycles. The molecule has 0 N–H and O–H groups in total. The van der Waals surface area contributed by atoms with E-state index in [9.17, 15) is 4.79 Å². The molecular weight excluding hydrogens is 352 g/mol. The van der Waals surface area contributed by atoms with E-state index in [4.69, 9.17) is 9.47 Å². The number of amides is 1. The Morgan fingerprint density at radius 1 is 1.11 bits per heavy atom. The van der Waals surface area contributed by atoms with E-state index >= 15 is 0 Å². The lowest BCUT2D eigenvalue weighted by Gasteiger charge is -2.35. The van der Waals surface area contributed by atoms with Crippen LogP contribution in [-0.2, 0) is 22.4 Å². The molecule has 0 bridgehead atoms. The number of anilines is 1. The standard InChI is InChI=1S/C23H28N2O3/c1-17-22-16-21(27-2)8-5-19(22)9-10-25(17)23(26)15-18-3-6-20(7-4-18)24-11-13-28-14-12-24/h3-8,16-17H,9-15H2,1-2H3. The molecule has 2 aromatic rings. The molecule has 0 radical (unpaired) electrons. The third-order valence-electron chi connectivity index (χ3n) is 5.88. The molecule has 0 spiro atoms. The average molecular weight is 380 g/mol. The minimum absolute atomic E-state index is 0.0685. The van der Waals surface area contributed by atoms with Crippen LogP contribution in [0.1, 0.15) is 29.7 Å². The number of rotatable bonds is 4. The van der Waals surface area contributed by atoms with Gasteiger partial charge in [-0.25, -0.2) is 0 Å². The number of morpholine rings is 1. The summed E-state index contributed by atoms with van der Waals surface area (Å²) in [5.41, 5.74) is 4.77. The quantitative estimate of drug-likeness (QED) is 0.817. The summed E-state index contributed by atoms with van der Waals surface area (Å²) in [7, 11) is 1.68. The van der Waals surface area contributed by atoms with Crippen LogP contribution in [-0.4, -0.2) is 50.8 Å². The number of ether oxygens (including phenoxy) is 2. The molecule has 2 aromatic carbocycles. The Morgan fingerprint density at radius 3 is 2.57 bits per heavy atom. The lowest BCUT2D eigenvalue weighted by atomic mass is 9.92. The van der Waals surface area contributed by atoms with Crippen LogP contribution < -0.4 is 9.64 Å². The van der Waals surface area contributed by atoms with Crippen molar-refractivity contribution in [1.82, 2.24) is 4.90 Å². The second-order valence-electron chi connectivity index (χ2n) is 7.52. The normalized spacial score (nSPS) is 19.3. The summed E-state index contributed by atoms with van der Waals surface area (Å²) in [4.78, 5) is 17.3. The van der Waals surface area contributed by atoms with Gasteiger partial charge in [0, 0.05) is 25.3 Å². The maximum Gasteiger partial charge on any atom is 0.227 e. The number of benzene rings is 2. The number of fused-ring (bicyclic) bond motifs is 1. The minimum Gasteiger partial charge on any atom is -0.497 e.